The summed E-state index contributed by atoms with van der Waals surface area (Å²) >= 11 is 0. The summed E-state index contributed by atoms with van der Waals surface area (Å²) in [6, 6.07) is 15.6. The molecular weight excluding hydrogens is 378 g/mol. The minimum absolute atomic E-state index is 0.00229. The van der Waals surface area contributed by atoms with Crippen LogP contribution >= 0.6 is 0 Å². The minimum atomic E-state index is -0.199. The molecule has 0 saturated carbocycles. The predicted molar refractivity (Wildman–Crippen MR) is 116 cm³/mol. The van der Waals surface area contributed by atoms with Crippen molar-refractivity contribution in [1.82, 2.24) is 15.1 Å². The minimum Gasteiger partial charge on any atom is -0.497 e. The number of carbonyl (C=O) groups excluding carboxylic acids is 1. The second kappa shape index (κ2) is 8.61. The fourth-order valence-corrected chi connectivity index (χ4v) is 4.01. The van der Waals surface area contributed by atoms with Crippen molar-refractivity contribution in [3.63, 3.8) is 0 Å². The molecule has 6 heteroatoms. The summed E-state index contributed by atoms with van der Waals surface area (Å²) in [5.41, 5.74) is 4.27. The number of nitrogens with one attached hydrogen (secondary N) is 1. The molecule has 3 aromatic rings. The number of benzene rings is 2. The maximum absolute atomic E-state index is 13.2. The molecule has 0 radical (unpaired) electrons. The van der Waals surface area contributed by atoms with E-state index in [4.69, 9.17) is 9.47 Å². The lowest BCUT2D eigenvalue weighted by Crippen LogP contribution is -2.30. The molecule has 1 aliphatic heterocycles. The second-order valence-corrected chi connectivity index (χ2v) is 7.35. The van der Waals surface area contributed by atoms with Gasteiger partial charge in [-0.3, -0.25) is 9.89 Å². The second-order valence-electron chi connectivity index (χ2n) is 7.35. The number of rotatable bonds is 8. The molecule has 1 aliphatic rings. The van der Waals surface area contributed by atoms with Gasteiger partial charge in [-0.05, 0) is 55.3 Å². The summed E-state index contributed by atoms with van der Waals surface area (Å²) < 4.78 is 11.0. The van der Waals surface area contributed by atoms with Gasteiger partial charge in [0, 0.05) is 17.7 Å². The van der Waals surface area contributed by atoms with Crippen molar-refractivity contribution in [2.24, 2.45) is 0 Å². The molecule has 6 nitrogen and oxygen atoms in total. The number of H-pyrrole nitrogens is 1. The van der Waals surface area contributed by atoms with E-state index in [1.807, 2.05) is 54.3 Å². The first-order valence-electron chi connectivity index (χ1n) is 10.4. The van der Waals surface area contributed by atoms with Crippen molar-refractivity contribution in [3.05, 3.63) is 65.4 Å². The van der Waals surface area contributed by atoms with Gasteiger partial charge in [-0.2, -0.15) is 5.10 Å². The highest BCUT2D eigenvalue weighted by Gasteiger charge is 2.41. The smallest absolute Gasteiger partial charge is 0.273 e. The van der Waals surface area contributed by atoms with Crippen LogP contribution in [-0.4, -0.2) is 41.3 Å². The summed E-state index contributed by atoms with van der Waals surface area (Å²) in [4.78, 5) is 15.2. The Kier molecular flexibility index (Phi) is 5.74. The summed E-state index contributed by atoms with van der Waals surface area (Å²) in [7, 11) is 1.65. The van der Waals surface area contributed by atoms with E-state index in [2.05, 4.69) is 23.2 Å². The van der Waals surface area contributed by atoms with Crippen molar-refractivity contribution >= 4 is 5.91 Å². The molecule has 0 fully saturated rings. The van der Waals surface area contributed by atoms with Crippen LogP contribution in [0, 0.1) is 0 Å². The fraction of sp³-hybridized carbons (Fsp3) is 0.333. The van der Waals surface area contributed by atoms with Crippen LogP contribution in [-0.2, 0) is 0 Å². The molecule has 156 valence electrons. The Labute approximate surface area is 176 Å². The van der Waals surface area contributed by atoms with E-state index in [1.165, 1.54) is 0 Å². The average molecular weight is 405 g/mol. The van der Waals surface area contributed by atoms with Gasteiger partial charge in [0.1, 0.15) is 17.2 Å². The number of carbonyl (C=O) groups is 1. The van der Waals surface area contributed by atoms with Crippen molar-refractivity contribution < 1.29 is 14.3 Å². The molecule has 1 atom stereocenters. The maximum Gasteiger partial charge on any atom is 0.273 e. The highest BCUT2D eigenvalue weighted by molar-refractivity contribution is 6.00. The number of fused-ring (bicyclic) bond motifs is 1. The summed E-state index contributed by atoms with van der Waals surface area (Å²) in [5, 5.41) is 7.52. The van der Waals surface area contributed by atoms with Crippen molar-refractivity contribution in [2.45, 2.75) is 32.7 Å². The largest absolute Gasteiger partial charge is 0.497 e. The first-order valence-corrected chi connectivity index (χ1v) is 10.4. The Balaban J connectivity index is 1.82. The Bertz CT molecular complexity index is 1030. The first kappa shape index (κ1) is 20.0. The number of ether oxygens (including phenoxy) is 2. The monoisotopic (exact) mass is 405 g/mol. The number of methoxy groups -OCH3 is 1. The Morgan fingerprint density at radius 1 is 1.10 bits per heavy atom. The Morgan fingerprint density at radius 2 is 1.90 bits per heavy atom. The van der Waals surface area contributed by atoms with E-state index >= 15 is 0 Å². The van der Waals surface area contributed by atoms with Crippen LogP contribution in [0.4, 0.5) is 0 Å². The zero-order valence-corrected chi connectivity index (χ0v) is 17.6. The van der Waals surface area contributed by atoms with Gasteiger partial charge >= 0.3 is 0 Å². The third-order valence-corrected chi connectivity index (χ3v) is 5.46. The number of unbranched alkanes of at least 4 members (excludes halogenated alkanes) is 1. The third-order valence-electron chi connectivity index (χ3n) is 5.46. The molecule has 0 aliphatic carbocycles. The molecular formula is C24H27N3O3. The molecule has 30 heavy (non-hydrogen) atoms. The Hall–Kier alpha value is -3.28. The highest BCUT2D eigenvalue weighted by atomic mass is 16.5. The van der Waals surface area contributed by atoms with Crippen LogP contribution in [0.25, 0.3) is 11.3 Å². The first-order chi connectivity index (χ1) is 14.7. The van der Waals surface area contributed by atoms with Gasteiger partial charge in [-0.1, -0.05) is 25.5 Å². The molecule has 0 saturated heterocycles. The number of hydrogen-bond donors (Lipinski definition) is 1. The quantitative estimate of drug-likeness (QED) is 0.583. The molecule has 1 N–H and O–H groups in total. The number of amides is 1. The summed E-state index contributed by atoms with van der Waals surface area (Å²) in [6.07, 6.45) is 1.97. The summed E-state index contributed by atoms with van der Waals surface area (Å²) in [5.74, 6) is 1.59. The van der Waals surface area contributed by atoms with Gasteiger partial charge in [0.15, 0.2) is 0 Å². The van der Waals surface area contributed by atoms with Gasteiger partial charge < -0.3 is 14.4 Å². The van der Waals surface area contributed by atoms with Crippen LogP contribution in [0.3, 0.4) is 0 Å². The normalized spacial score (nSPS) is 15.4. The van der Waals surface area contributed by atoms with E-state index in [9.17, 15) is 4.79 Å². The lowest BCUT2D eigenvalue weighted by atomic mass is 9.95. The molecule has 0 bridgehead atoms. The van der Waals surface area contributed by atoms with E-state index in [0.717, 1.165) is 46.7 Å². The maximum atomic E-state index is 13.2. The molecule has 2 aromatic carbocycles. The molecule has 1 amide bonds. The Morgan fingerprint density at radius 3 is 2.60 bits per heavy atom. The summed E-state index contributed by atoms with van der Waals surface area (Å²) in [6.45, 7) is 5.40. The van der Waals surface area contributed by atoms with Crippen molar-refractivity contribution in [1.29, 1.82) is 0 Å². The van der Waals surface area contributed by atoms with Gasteiger partial charge in [-0.15, -0.1) is 0 Å². The predicted octanol–water partition coefficient (Wildman–Crippen LogP) is 4.83. The van der Waals surface area contributed by atoms with E-state index in [0.29, 0.717) is 18.8 Å². The van der Waals surface area contributed by atoms with Crippen LogP contribution in [0.1, 0.15) is 54.3 Å². The van der Waals surface area contributed by atoms with Crippen LogP contribution in [0.2, 0.25) is 0 Å². The lowest BCUT2D eigenvalue weighted by Gasteiger charge is -2.26. The third kappa shape index (κ3) is 3.54. The number of aromatic amines is 1. The van der Waals surface area contributed by atoms with Crippen LogP contribution < -0.4 is 9.47 Å². The van der Waals surface area contributed by atoms with Gasteiger partial charge in [0.2, 0.25) is 0 Å². The molecule has 1 unspecified atom stereocenters. The number of hydrogen-bond acceptors (Lipinski definition) is 4. The zero-order chi connectivity index (χ0) is 21.1. The highest BCUT2D eigenvalue weighted by Crippen LogP contribution is 2.43. The van der Waals surface area contributed by atoms with Crippen molar-refractivity contribution in [3.8, 4) is 22.8 Å². The molecule has 0 spiro atoms. The number of nitrogens with zero attached hydrogens (tertiary/aromatic N) is 2. The average Bonchev–Trinajstić information content (AvgIpc) is 3.32. The standard InChI is InChI=1S/C24H27N3O3/c1-4-6-14-27-23(17-8-7-9-19(15-17)30-5-2)20-21(25-26-22(20)24(27)28)16-10-12-18(29-3)13-11-16/h7-13,15,23H,4-6,14H2,1-3H3,(H,25,26). The number of aromatic nitrogens is 2. The fourth-order valence-electron chi connectivity index (χ4n) is 4.01. The van der Waals surface area contributed by atoms with Gasteiger partial charge in [0.25, 0.3) is 5.91 Å². The van der Waals surface area contributed by atoms with Gasteiger partial charge in [-0.25, -0.2) is 0 Å². The van der Waals surface area contributed by atoms with Crippen LogP contribution in [0.5, 0.6) is 11.5 Å². The zero-order valence-electron chi connectivity index (χ0n) is 17.6. The lowest BCUT2D eigenvalue weighted by molar-refractivity contribution is 0.0741. The van der Waals surface area contributed by atoms with E-state index in [1.54, 1.807) is 7.11 Å². The van der Waals surface area contributed by atoms with E-state index < -0.39 is 0 Å². The molecule has 4 rings (SSSR count). The van der Waals surface area contributed by atoms with Crippen LogP contribution in [0.15, 0.2) is 48.5 Å². The molecule has 2 heterocycles. The van der Waals surface area contributed by atoms with E-state index in [-0.39, 0.29) is 11.9 Å². The van der Waals surface area contributed by atoms with Gasteiger partial charge in [0.05, 0.1) is 25.5 Å². The SMILES string of the molecule is CCCCN1C(=O)c2[nH]nc(-c3ccc(OC)cc3)c2C1c1cccc(OCC)c1. The molecule has 1 aromatic heterocycles. The topological polar surface area (TPSA) is 67.5 Å². The van der Waals surface area contributed by atoms with Crippen molar-refractivity contribution in [2.75, 3.05) is 20.3 Å².